The highest BCUT2D eigenvalue weighted by Crippen LogP contribution is 2.30. The first-order valence-electron chi connectivity index (χ1n) is 8.68. The van der Waals surface area contributed by atoms with Gasteiger partial charge in [0.05, 0.1) is 30.0 Å². The molecule has 4 aromatic rings. The maximum Gasteiger partial charge on any atom is 0.379 e. The number of hydrogen-bond acceptors (Lipinski definition) is 6. The summed E-state index contributed by atoms with van der Waals surface area (Å²) in [6.07, 6.45) is 3.07. The lowest BCUT2D eigenvalue weighted by molar-refractivity contribution is 0.0696. The average Bonchev–Trinajstić information content (AvgIpc) is 3.42. The lowest BCUT2D eigenvalue weighted by Gasteiger charge is -2.09. The molecule has 0 aliphatic carbocycles. The number of nitriles is 1. The topological polar surface area (TPSA) is 101 Å². The summed E-state index contributed by atoms with van der Waals surface area (Å²) in [6, 6.07) is 17.8. The summed E-state index contributed by atoms with van der Waals surface area (Å²) in [5.41, 5.74) is 2.68. The van der Waals surface area contributed by atoms with Crippen molar-refractivity contribution >= 4 is 28.7 Å². The highest BCUT2D eigenvalue weighted by atomic mass is 16.6. The number of imidazole rings is 1. The number of para-hydroxylation sites is 2. The molecule has 4 rings (SSSR count). The SMILES string of the molecule is COc1cc(/C=C(\C#N)c2nc3ccccc3[nH]2)ccc1OC(=O)c1ccco1. The van der Waals surface area contributed by atoms with Crippen LogP contribution in [0.15, 0.2) is 65.3 Å². The normalized spacial score (nSPS) is 11.2. The summed E-state index contributed by atoms with van der Waals surface area (Å²) in [5.74, 6) is 0.527. The van der Waals surface area contributed by atoms with E-state index in [-0.39, 0.29) is 11.5 Å². The maximum absolute atomic E-state index is 12.1. The van der Waals surface area contributed by atoms with E-state index in [1.807, 2.05) is 24.3 Å². The molecule has 7 nitrogen and oxygen atoms in total. The molecule has 0 bridgehead atoms. The molecule has 0 saturated heterocycles. The second-order valence-electron chi connectivity index (χ2n) is 6.05. The lowest BCUT2D eigenvalue weighted by Crippen LogP contribution is -2.08. The van der Waals surface area contributed by atoms with Gasteiger partial charge in [0.25, 0.3) is 0 Å². The minimum atomic E-state index is -0.628. The predicted molar refractivity (Wildman–Crippen MR) is 106 cm³/mol. The number of aromatic amines is 1. The number of methoxy groups -OCH3 is 1. The highest BCUT2D eigenvalue weighted by molar-refractivity contribution is 5.91. The first-order valence-corrected chi connectivity index (χ1v) is 8.68. The van der Waals surface area contributed by atoms with Crippen LogP contribution in [0.1, 0.15) is 21.9 Å². The molecule has 0 radical (unpaired) electrons. The smallest absolute Gasteiger partial charge is 0.379 e. The van der Waals surface area contributed by atoms with Gasteiger partial charge >= 0.3 is 5.97 Å². The monoisotopic (exact) mass is 385 g/mol. The summed E-state index contributed by atoms with van der Waals surface area (Å²) in [5, 5.41) is 9.58. The molecule has 142 valence electrons. The number of rotatable bonds is 5. The number of ether oxygens (including phenoxy) is 2. The van der Waals surface area contributed by atoms with Gasteiger partial charge in [-0.2, -0.15) is 5.26 Å². The zero-order chi connectivity index (χ0) is 20.2. The van der Waals surface area contributed by atoms with E-state index < -0.39 is 5.97 Å². The predicted octanol–water partition coefficient (Wildman–Crippen LogP) is 4.45. The zero-order valence-corrected chi connectivity index (χ0v) is 15.4. The Labute approximate surface area is 165 Å². The summed E-state index contributed by atoms with van der Waals surface area (Å²) >= 11 is 0. The van der Waals surface area contributed by atoms with Crippen LogP contribution in [-0.4, -0.2) is 23.0 Å². The third-order valence-corrected chi connectivity index (χ3v) is 4.19. The Hall–Kier alpha value is -4.31. The Balaban J connectivity index is 1.64. The molecule has 2 heterocycles. The zero-order valence-electron chi connectivity index (χ0n) is 15.4. The molecule has 0 aliphatic heterocycles. The van der Waals surface area contributed by atoms with Gasteiger partial charge in [-0.15, -0.1) is 0 Å². The van der Waals surface area contributed by atoms with Crippen molar-refractivity contribution in [1.82, 2.24) is 9.97 Å². The second-order valence-corrected chi connectivity index (χ2v) is 6.05. The maximum atomic E-state index is 12.1. The van der Waals surface area contributed by atoms with E-state index in [9.17, 15) is 10.1 Å². The quantitative estimate of drug-likeness (QED) is 0.309. The number of fused-ring (bicyclic) bond motifs is 1. The fraction of sp³-hybridized carbons (Fsp3) is 0.0455. The molecule has 0 fully saturated rings. The molecule has 0 atom stereocenters. The van der Waals surface area contributed by atoms with Crippen LogP contribution in [0, 0.1) is 11.3 Å². The van der Waals surface area contributed by atoms with Crippen LogP contribution in [0.25, 0.3) is 22.7 Å². The van der Waals surface area contributed by atoms with Crippen molar-refractivity contribution in [1.29, 1.82) is 5.26 Å². The third kappa shape index (κ3) is 3.73. The van der Waals surface area contributed by atoms with Gasteiger partial charge in [0.15, 0.2) is 11.5 Å². The van der Waals surface area contributed by atoms with Gasteiger partial charge in [0.1, 0.15) is 11.9 Å². The van der Waals surface area contributed by atoms with Gasteiger partial charge in [-0.05, 0) is 48.0 Å². The number of carbonyl (C=O) groups excluding carboxylic acids is 1. The van der Waals surface area contributed by atoms with Crippen molar-refractivity contribution in [3.8, 4) is 17.6 Å². The van der Waals surface area contributed by atoms with Crippen LogP contribution < -0.4 is 9.47 Å². The standard InChI is InChI=1S/C22H15N3O4/c1-27-20-12-14(8-9-18(20)29-22(26)19-7-4-10-28-19)11-15(13-23)21-24-16-5-2-3-6-17(16)25-21/h2-12H,1H3,(H,24,25)/b15-11+. The molecule has 0 aliphatic rings. The molecule has 0 saturated carbocycles. The van der Waals surface area contributed by atoms with Crippen LogP contribution in [0.3, 0.4) is 0 Å². The Morgan fingerprint density at radius 1 is 1.17 bits per heavy atom. The number of nitrogens with zero attached hydrogens (tertiary/aromatic N) is 2. The molecular weight excluding hydrogens is 370 g/mol. The van der Waals surface area contributed by atoms with E-state index in [4.69, 9.17) is 13.9 Å². The van der Waals surface area contributed by atoms with E-state index in [2.05, 4.69) is 16.0 Å². The molecule has 2 aromatic heterocycles. The van der Waals surface area contributed by atoms with Crippen molar-refractivity contribution in [2.24, 2.45) is 0 Å². The Morgan fingerprint density at radius 2 is 2.03 bits per heavy atom. The van der Waals surface area contributed by atoms with E-state index in [1.54, 1.807) is 30.3 Å². The molecule has 2 aromatic carbocycles. The highest BCUT2D eigenvalue weighted by Gasteiger charge is 2.15. The van der Waals surface area contributed by atoms with Gasteiger partial charge in [-0.3, -0.25) is 0 Å². The fourth-order valence-electron chi connectivity index (χ4n) is 2.80. The fourth-order valence-corrected chi connectivity index (χ4v) is 2.80. The van der Waals surface area contributed by atoms with Crippen LogP contribution in [0.5, 0.6) is 11.5 Å². The van der Waals surface area contributed by atoms with E-state index in [0.29, 0.717) is 22.7 Å². The van der Waals surface area contributed by atoms with Gasteiger partial charge in [-0.1, -0.05) is 18.2 Å². The summed E-state index contributed by atoms with van der Waals surface area (Å²) < 4.78 is 15.7. The molecule has 0 amide bonds. The van der Waals surface area contributed by atoms with Crippen molar-refractivity contribution in [2.75, 3.05) is 7.11 Å². The molecule has 7 heteroatoms. The van der Waals surface area contributed by atoms with Crippen LogP contribution >= 0.6 is 0 Å². The first-order chi connectivity index (χ1) is 14.2. The largest absolute Gasteiger partial charge is 0.493 e. The minimum absolute atomic E-state index is 0.0904. The van der Waals surface area contributed by atoms with Crippen molar-refractivity contribution in [2.45, 2.75) is 0 Å². The van der Waals surface area contributed by atoms with Crippen LogP contribution in [-0.2, 0) is 0 Å². The molecule has 1 N–H and O–H groups in total. The summed E-state index contributed by atoms with van der Waals surface area (Å²) in [7, 11) is 1.47. The number of carbonyl (C=O) groups is 1. The van der Waals surface area contributed by atoms with Gasteiger partial charge in [0.2, 0.25) is 5.76 Å². The molecule has 0 spiro atoms. The number of allylic oxidation sites excluding steroid dienone is 1. The number of nitrogens with one attached hydrogen (secondary N) is 1. The van der Waals surface area contributed by atoms with Gasteiger partial charge in [0, 0.05) is 0 Å². The van der Waals surface area contributed by atoms with Crippen molar-refractivity contribution in [3.63, 3.8) is 0 Å². The number of benzene rings is 2. The van der Waals surface area contributed by atoms with E-state index >= 15 is 0 Å². The summed E-state index contributed by atoms with van der Waals surface area (Å²) in [4.78, 5) is 19.7. The number of H-pyrrole nitrogens is 1. The summed E-state index contributed by atoms with van der Waals surface area (Å²) in [6.45, 7) is 0. The Kier molecular flexibility index (Phi) is 4.82. The minimum Gasteiger partial charge on any atom is -0.493 e. The lowest BCUT2D eigenvalue weighted by atomic mass is 10.1. The van der Waals surface area contributed by atoms with Crippen molar-refractivity contribution in [3.05, 3.63) is 78.0 Å². The van der Waals surface area contributed by atoms with Crippen molar-refractivity contribution < 1.29 is 18.7 Å². The number of furan rings is 1. The molecule has 0 unspecified atom stereocenters. The Bertz CT molecular complexity index is 1210. The number of aromatic nitrogens is 2. The van der Waals surface area contributed by atoms with Crippen LogP contribution in [0.2, 0.25) is 0 Å². The number of esters is 1. The Morgan fingerprint density at radius 3 is 2.76 bits per heavy atom. The van der Waals surface area contributed by atoms with Crippen LogP contribution in [0.4, 0.5) is 0 Å². The second kappa shape index (κ2) is 7.74. The van der Waals surface area contributed by atoms with E-state index in [0.717, 1.165) is 11.0 Å². The molecule has 29 heavy (non-hydrogen) atoms. The average molecular weight is 385 g/mol. The molecular formula is C22H15N3O4. The van der Waals surface area contributed by atoms with E-state index in [1.165, 1.54) is 19.4 Å². The number of hydrogen-bond donors (Lipinski definition) is 1. The first kappa shape index (κ1) is 18.1. The van der Waals surface area contributed by atoms with Gasteiger partial charge in [-0.25, -0.2) is 9.78 Å². The third-order valence-electron chi connectivity index (χ3n) is 4.19. The van der Waals surface area contributed by atoms with Gasteiger partial charge < -0.3 is 18.9 Å².